The molecule has 0 aliphatic heterocycles. The summed E-state index contributed by atoms with van der Waals surface area (Å²) in [4.78, 5) is 4.18. The van der Waals surface area contributed by atoms with Gasteiger partial charge in [0.15, 0.2) is 0 Å². The Kier molecular flexibility index (Phi) is 2.64. The third kappa shape index (κ3) is 2.56. The quantitative estimate of drug-likeness (QED) is 0.750. The molecule has 2 rings (SSSR count). The molecule has 0 bridgehead atoms. The molecule has 1 heterocycles. The van der Waals surface area contributed by atoms with Gasteiger partial charge in [-0.3, -0.25) is 0 Å². The molecule has 1 aliphatic rings. The van der Waals surface area contributed by atoms with Crippen molar-refractivity contribution in [2.24, 2.45) is 5.92 Å². The minimum atomic E-state index is 0.774. The second-order valence-corrected chi connectivity index (χ2v) is 3.65. The molecule has 0 spiro atoms. The van der Waals surface area contributed by atoms with E-state index in [0.717, 1.165) is 37.1 Å². The summed E-state index contributed by atoms with van der Waals surface area (Å²) < 4.78 is 5.46. The van der Waals surface area contributed by atoms with Crippen LogP contribution in [0.5, 0.6) is 0 Å². The highest BCUT2D eigenvalue weighted by atomic mass is 16.4. The first-order valence-electron chi connectivity index (χ1n) is 5.02. The summed E-state index contributed by atoms with van der Waals surface area (Å²) in [6, 6.07) is 0. The molecular weight excluding hydrogens is 164 g/mol. The SMILES string of the molecule is CCc1cnc(CNCC2CC2)o1. The van der Waals surface area contributed by atoms with Gasteiger partial charge in [-0.05, 0) is 25.3 Å². The highest BCUT2D eigenvalue weighted by Crippen LogP contribution is 2.27. The number of aryl methyl sites for hydroxylation is 1. The van der Waals surface area contributed by atoms with Crippen LogP contribution in [0, 0.1) is 5.92 Å². The lowest BCUT2D eigenvalue weighted by Gasteiger charge is -1.98. The second-order valence-electron chi connectivity index (χ2n) is 3.65. The monoisotopic (exact) mass is 180 g/mol. The predicted octanol–water partition coefficient (Wildman–Crippen LogP) is 1.74. The number of aromatic nitrogens is 1. The van der Waals surface area contributed by atoms with Crippen LogP contribution in [-0.4, -0.2) is 11.5 Å². The van der Waals surface area contributed by atoms with Crippen molar-refractivity contribution in [3.8, 4) is 0 Å². The van der Waals surface area contributed by atoms with Gasteiger partial charge < -0.3 is 9.73 Å². The summed E-state index contributed by atoms with van der Waals surface area (Å²) >= 11 is 0. The van der Waals surface area contributed by atoms with E-state index in [1.54, 1.807) is 0 Å². The number of oxazole rings is 1. The summed E-state index contributed by atoms with van der Waals surface area (Å²) in [7, 11) is 0. The zero-order valence-electron chi connectivity index (χ0n) is 8.05. The van der Waals surface area contributed by atoms with Crippen LogP contribution in [0.25, 0.3) is 0 Å². The van der Waals surface area contributed by atoms with Crippen molar-refractivity contribution in [3.63, 3.8) is 0 Å². The zero-order chi connectivity index (χ0) is 9.10. The molecule has 13 heavy (non-hydrogen) atoms. The Morgan fingerprint density at radius 1 is 1.62 bits per heavy atom. The Hall–Kier alpha value is -0.830. The van der Waals surface area contributed by atoms with Crippen molar-refractivity contribution in [1.82, 2.24) is 10.3 Å². The summed E-state index contributed by atoms with van der Waals surface area (Å²) in [6.07, 6.45) is 5.52. The lowest BCUT2D eigenvalue weighted by molar-refractivity contribution is 0.436. The summed E-state index contributed by atoms with van der Waals surface area (Å²) in [5.74, 6) is 2.71. The summed E-state index contributed by atoms with van der Waals surface area (Å²) in [5, 5.41) is 3.34. The first-order valence-corrected chi connectivity index (χ1v) is 5.02. The largest absolute Gasteiger partial charge is 0.444 e. The minimum absolute atomic E-state index is 0.774. The van der Waals surface area contributed by atoms with Crippen LogP contribution >= 0.6 is 0 Å². The van der Waals surface area contributed by atoms with Gasteiger partial charge >= 0.3 is 0 Å². The molecule has 0 aromatic carbocycles. The average molecular weight is 180 g/mol. The Bertz CT molecular complexity index is 266. The van der Waals surface area contributed by atoms with Gasteiger partial charge in [0.2, 0.25) is 5.89 Å². The molecule has 3 nitrogen and oxygen atoms in total. The number of rotatable bonds is 5. The molecule has 3 heteroatoms. The third-order valence-electron chi connectivity index (χ3n) is 2.36. The highest BCUT2D eigenvalue weighted by Gasteiger charge is 2.20. The van der Waals surface area contributed by atoms with E-state index in [0.29, 0.717) is 0 Å². The minimum Gasteiger partial charge on any atom is -0.444 e. The van der Waals surface area contributed by atoms with Gasteiger partial charge in [-0.2, -0.15) is 0 Å². The normalized spacial score (nSPS) is 16.4. The van der Waals surface area contributed by atoms with Crippen molar-refractivity contribution >= 4 is 0 Å². The van der Waals surface area contributed by atoms with Gasteiger partial charge in [-0.25, -0.2) is 4.98 Å². The summed E-state index contributed by atoms with van der Waals surface area (Å²) in [5.41, 5.74) is 0. The van der Waals surface area contributed by atoms with E-state index in [4.69, 9.17) is 4.42 Å². The molecule has 1 saturated carbocycles. The third-order valence-corrected chi connectivity index (χ3v) is 2.36. The maximum absolute atomic E-state index is 5.46. The Balaban J connectivity index is 1.72. The number of nitrogens with one attached hydrogen (secondary N) is 1. The molecule has 0 radical (unpaired) electrons. The van der Waals surface area contributed by atoms with E-state index < -0.39 is 0 Å². The molecular formula is C10H16N2O. The van der Waals surface area contributed by atoms with Gasteiger partial charge in [-0.15, -0.1) is 0 Å². The van der Waals surface area contributed by atoms with Crippen LogP contribution in [0.15, 0.2) is 10.6 Å². The second kappa shape index (κ2) is 3.92. The van der Waals surface area contributed by atoms with Crippen molar-refractivity contribution in [1.29, 1.82) is 0 Å². The molecule has 1 aromatic heterocycles. The van der Waals surface area contributed by atoms with Crippen LogP contribution in [-0.2, 0) is 13.0 Å². The van der Waals surface area contributed by atoms with Crippen LogP contribution in [0.3, 0.4) is 0 Å². The molecule has 1 N–H and O–H groups in total. The highest BCUT2D eigenvalue weighted by molar-refractivity contribution is 4.93. The molecule has 0 atom stereocenters. The Labute approximate surface area is 78.5 Å². The average Bonchev–Trinajstić information content (AvgIpc) is 2.84. The van der Waals surface area contributed by atoms with E-state index in [-0.39, 0.29) is 0 Å². The van der Waals surface area contributed by atoms with Crippen LogP contribution in [0.4, 0.5) is 0 Å². The lowest BCUT2D eigenvalue weighted by Crippen LogP contribution is -2.16. The first kappa shape index (κ1) is 8.75. The number of hydrogen-bond donors (Lipinski definition) is 1. The smallest absolute Gasteiger partial charge is 0.208 e. The standard InChI is InChI=1S/C10H16N2O/c1-2-9-6-12-10(13-9)7-11-5-8-3-4-8/h6,8,11H,2-5,7H2,1H3. The maximum atomic E-state index is 5.46. The van der Waals surface area contributed by atoms with E-state index in [2.05, 4.69) is 17.2 Å². The van der Waals surface area contributed by atoms with E-state index >= 15 is 0 Å². The predicted molar refractivity (Wildman–Crippen MR) is 50.3 cm³/mol. The van der Waals surface area contributed by atoms with Crippen LogP contribution < -0.4 is 5.32 Å². The zero-order valence-corrected chi connectivity index (χ0v) is 8.05. The molecule has 0 unspecified atom stereocenters. The first-order chi connectivity index (χ1) is 6.38. The van der Waals surface area contributed by atoms with E-state index in [9.17, 15) is 0 Å². The van der Waals surface area contributed by atoms with Gasteiger partial charge in [0.25, 0.3) is 0 Å². The van der Waals surface area contributed by atoms with Crippen LogP contribution in [0.2, 0.25) is 0 Å². The molecule has 0 amide bonds. The molecule has 0 saturated heterocycles. The molecule has 1 aromatic rings. The fraction of sp³-hybridized carbons (Fsp3) is 0.700. The van der Waals surface area contributed by atoms with Gasteiger partial charge in [0, 0.05) is 6.42 Å². The maximum Gasteiger partial charge on any atom is 0.208 e. The summed E-state index contributed by atoms with van der Waals surface area (Å²) in [6.45, 7) is 3.96. The molecule has 1 aliphatic carbocycles. The Morgan fingerprint density at radius 2 is 2.46 bits per heavy atom. The Morgan fingerprint density at radius 3 is 3.08 bits per heavy atom. The van der Waals surface area contributed by atoms with Crippen molar-refractivity contribution < 1.29 is 4.42 Å². The number of hydrogen-bond acceptors (Lipinski definition) is 3. The van der Waals surface area contributed by atoms with E-state index in [1.807, 2.05) is 6.20 Å². The van der Waals surface area contributed by atoms with Gasteiger partial charge in [-0.1, -0.05) is 6.92 Å². The van der Waals surface area contributed by atoms with Gasteiger partial charge in [0.05, 0.1) is 12.7 Å². The molecule has 72 valence electrons. The van der Waals surface area contributed by atoms with Crippen molar-refractivity contribution in [3.05, 3.63) is 17.8 Å². The van der Waals surface area contributed by atoms with E-state index in [1.165, 1.54) is 12.8 Å². The fourth-order valence-electron chi connectivity index (χ4n) is 1.30. The van der Waals surface area contributed by atoms with Crippen molar-refractivity contribution in [2.75, 3.05) is 6.54 Å². The molecule has 1 fully saturated rings. The van der Waals surface area contributed by atoms with Crippen molar-refractivity contribution in [2.45, 2.75) is 32.7 Å². The fourth-order valence-corrected chi connectivity index (χ4v) is 1.30. The lowest BCUT2D eigenvalue weighted by atomic mass is 10.4. The number of nitrogens with zero attached hydrogens (tertiary/aromatic N) is 1. The van der Waals surface area contributed by atoms with Crippen LogP contribution in [0.1, 0.15) is 31.4 Å². The van der Waals surface area contributed by atoms with Gasteiger partial charge in [0.1, 0.15) is 5.76 Å². The topological polar surface area (TPSA) is 38.1 Å².